The second kappa shape index (κ2) is 7.34. The molecule has 6 heteroatoms. The molecule has 0 saturated heterocycles. The molecule has 0 fully saturated rings. The third-order valence-corrected chi connectivity index (χ3v) is 2.61. The summed E-state index contributed by atoms with van der Waals surface area (Å²) >= 11 is 0. The fourth-order valence-corrected chi connectivity index (χ4v) is 1.49. The van der Waals surface area contributed by atoms with Crippen LogP contribution >= 0.6 is 0 Å². The Kier molecular flexibility index (Phi) is 5.76. The van der Waals surface area contributed by atoms with Crippen molar-refractivity contribution in [2.45, 2.75) is 12.8 Å². The van der Waals surface area contributed by atoms with Crippen molar-refractivity contribution in [3.05, 3.63) is 24.0 Å². The van der Waals surface area contributed by atoms with E-state index in [0.717, 1.165) is 0 Å². The van der Waals surface area contributed by atoms with E-state index in [9.17, 15) is 9.18 Å². The Morgan fingerprint density at radius 2 is 2.26 bits per heavy atom. The van der Waals surface area contributed by atoms with Crippen LogP contribution in [-0.4, -0.2) is 30.9 Å². The molecule has 1 aromatic carbocycles. The van der Waals surface area contributed by atoms with Gasteiger partial charge in [0.1, 0.15) is 5.82 Å². The number of hydrogen-bond acceptors (Lipinski definition) is 4. The Morgan fingerprint density at radius 3 is 2.89 bits per heavy atom. The van der Waals surface area contributed by atoms with Gasteiger partial charge < -0.3 is 16.0 Å². The van der Waals surface area contributed by atoms with Gasteiger partial charge in [0.15, 0.2) is 0 Å². The lowest BCUT2D eigenvalue weighted by molar-refractivity contribution is -0.116. The van der Waals surface area contributed by atoms with Gasteiger partial charge in [-0.3, -0.25) is 4.79 Å². The van der Waals surface area contributed by atoms with E-state index in [1.807, 2.05) is 18.0 Å². The minimum Gasteiger partial charge on any atom is -0.396 e. The van der Waals surface area contributed by atoms with E-state index in [-0.39, 0.29) is 11.6 Å². The molecule has 19 heavy (non-hydrogen) atoms. The van der Waals surface area contributed by atoms with Crippen LogP contribution in [0.2, 0.25) is 0 Å². The van der Waals surface area contributed by atoms with Crippen molar-refractivity contribution in [3.63, 3.8) is 0 Å². The van der Waals surface area contributed by atoms with Gasteiger partial charge in [0.2, 0.25) is 5.91 Å². The number of hydrogen-bond donors (Lipinski definition) is 2. The second-order valence-electron chi connectivity index (χ2n) is 4.25. The van der Waals surface area contributed by atoms with Gasteiger partial charge in [-0.15, -0.1) is 0 Å². The number of benzene rings is 1. The summed E-state index contributed by atoms with van der Waals surface area (Å²) in [6.45, 7) is 1.19. The molecule has 102 valence electrons. The third kappa shape index (κ3) is 5.36. The molecule has 0 aromatic heterocycles. The Labute approximate surface area is 111 Å². The van der Waals surface area contributed by atoms with Crippen molar-refractivity contribution in [2.24, 2.45) is 0 Å². The number of halogens is 1. The Bertz CT molecular complexity index is 484. The molecular weight excluding hydrogens is 247 g/mol. The van der Waals surface area contributed by atoms with Crippen molar-refractivity contribution in [1.82, 2.24) is 4.90 Å². The number of rotatable bonds is 6. The van der Waals surface area contributed by atoms with Gasteiger partial charge in [-0.25, -0.2) is 4.39 Å². The van der Waals surface area contributed by atoms with Crippen LogP contribution in [0.5, 0.6) is 0 Å². The normalized spacial score (nSPS) is 10.2. The molecule has 0 spiro atoms. The summed E-state index contributed by atoms with van der Waals surface area (Å²) in [7, 11) is 1.85. The Hall–Kier alpha value is -2.13. The van der Waals surface area contributed by atoms with Crippen molar-refractivity contribution in [2.75, 3.05) is 31.2 Å². The van der Waals surface area contributed by atoms with Gasteiger partial charge in [-0.1, -0.05) is 0 Å². The lowest BCUT2D eigenvalue weighted by Gasteiger charge is -2.14. The van der Waals surface area contributed by atoms with Gasteiger partial charge in [-0.05, 0) is 25.2 Å². The first kappa shape index (κ1) is 14.9. The number of nitrogens with two attached hydrogens (primary N) is 1. The van der Waals surface area contributed by atoms with Crippen LogP contribution in [0.15, 0.2) is 18.2 Å². The monoisotopic (exact) mass is 264 g/mol. The van der Waals surface area contributed by atoms with Crippen LogP contribution in [0.1, 0.15) is 12.8 Å². The molecule has 1 rings (SSSR count). The van der Waals surface area contributed by atoms with E-state index >= 15 is 0 Å². The van der Waals surface area contributed by atoms with E-state index in [1.54, 1.807) is 0 Å². The van der Waals surface area contributed by atoms with Gasteiger partial charge in [0.25, 0.3) is 0 Å². The number of nitrogens with one attached hydrogen (secondary N) is 1. The quantitative estimate of drug-likeness (QED) is 0.764. The number of amides is 1. The zero-order valence-corrected chi connectivity index (χ0v) is 10.8. The Morgan fingerprint density at radius 1 is 1.53 bits per heavy atom. The molecule has 1 aromatic rings. The summed E-state index contributed by atoms with van der Waals surface area (Å²) in [4.78, 5) is 13.6. The zero-order valence-electron chi connectivity index (χ0n) is 10.8. The van der Waals surface area contributed by atoms with Gasteiger partial charge in [-0.2, -0.15) is 5.26 Å². The molecule has 0 radical (unpaired) electrons. The summed E-state index contributed by atoms with van der Waals surface area (Å²) in [6.07, 6.45) is 0.742. The minimum absolute atomic E-state index is 0.00365. The first-order valence-corrected chi connectivity index (χ1v) is 5.93. The summed E-state index contributed by atoms with van der Waals surface area (Å²) in [5.74, 6) is -0.677. The van der Waals surface area contributed by atoms with Gasteiger partial charge in [0.05, 0.1) is 11.8 Å². The Balaban J connectivity index is 2.39. The SMILES string of the molecule is CN(CCC#N)CCC(=O)Nc1ccc(F)c(N)c1. The standard InChI is InChI=1S/C13H17FN4O/c1-18(7-2-6-15)8-5-13(19)17-10-3-4-11(14)12(16)9-10/h3-4,9H,2,5,7-8,16H2,1H3,(H,17,19). The molecular formula is C13H17FN4O. The van der Waals surface area contributed by atoms with Crippen molar-refractivity contribution < 1.29 is 9.18 Å². The average Bonchev–Trinajstić information content (AvgIpc) is 2.38. The predicted octanol–water partition coefficient (Wildman–Crippen LogP) is 1.58. The van der Waals surface area contributed by atoms with E-state index in [0.29, 0.717) is 31.6 Å². The number of carbonyl (C=O) groups excluding carboxylic acids is 1. The molecule has 0 heterocycles. The molecule has 0 aliphatic carbocycles. The van der Waals surface area contributed by atoms with Crippen molar-refractivity contribution in [1.29, 1.82) is 5.26 Å². The van der Waals surface area contributed by atoms with E-state index in [4.69, 9.17) is 11.0 Å². The number of nitriles is 1. The smallest absolute Gasteiger partial charge is 0.225 e. The zero-order chi connectivity index (χ0) is 14.3. The summed E-state index contributed by atoms with van der Waals surface area (Å²) in [5, 5.41) is 11.1. The number of carbonyl (C=O) groups is 1. The molecule has 0 bridgehead atoms. The predicted molar refractivity (Wildman–Crippen MR) is 71.8 cm³/mol. The molecule has 0 unspecified atom stereocenters. The highest BCUT2D eigenvalue weighted by Crippen LogP contribution is 2.16. The number of nitrogens with zero attached hydrogens (tertiary/aromatic N) is 2. The first-order chi connectivity index (χ1) is 9.02. The lowest BCUT2D eigenvalue weighted by Crippen LogP contribution is -2.25. The molecule has 0 aliphatic rings. The fourth-order valence-electron chi connectivity index (χ4n) is 1.49. The molecule has 0 saturated carbocycles. The third-order valence-electron chi connectivity index (χ3n) is 2.61. The van der Waals surface area contributed by atoms with Gasteiger partial charge >= 0.3 is 0 Å². The maximum atomic E-state index is 12.9. The first-order valence-electron chi connectivity index (χ1n) is 5.93. The van der Waals surface area contributed by atoms with Crippen molar-refractivity contribution in [3.8, 4) is 6.07 Å². The van der Waals surface area contributed by atoms with E-state index < -0.39 is 5.82 Å². The molecule has 0 atom stereocenters. The highest BCUT2D eigenvalue weighted by atomic mass is 19.1. The number of anilines is 2. The van der Waals surface area contributed by atoms with E-state index in [2.05, 4.69) is 5.32 Å². The van der Waals surface area contributed by atoms with E-state index in [1.165, 1.54) is 18.2 Å². The van der Waals surface area contributed by atoms with Crippen LogP contribution in [0.4, 0.5) is 15.8 Å². The van der Waals surface area contributed by atoms with Crippen LogP contribution in [-0.2, 0) is 4.79 Å². The maximum Gasteiger partial charge on any atom is 0.225 e. The number of nitrogen functional groups attached to an aromatic ring is 1. The topological polar surface area (TPSA) is 82.2 Å². The summed E-state index contributed by atoms with van der Waals surface area (Å²) in [5.41, 5.74) is 5.89. The summed E-state index contributed by atoms with van der Waals surface area (Å²) < 4.78 is 12.9. The highest BCUT2D eigenvalue weighted by molar-refractivity contribution is 5.91. The molecule has 0 aliphatic heterocycles. The fraction of sp³-hybridized carbons (Fsp3) is 0.385. The highest BCUT2D eigenvalue weighted by Gasteiger charge is 2.06. The second-order valence-corrected chi connectivity index (χ2v) is 4.25. The van der Waals surface area contributed by atoms with Crippen LogP contribution in [0.25, 0.3) is 0 Å². The van der Waals surface area contributed by atoms with Crippen LogP contribution in [0.3, 0.4) is 0 Å². The van der Waals surface area contributed by atoms with Crippen molar-refractivity contribution >= 4 is 17.3 Å². The largest absolute Gasteiger partial charge is 0.396 e. The summed E-state index contributed by atoms with van der Waals surface area (Å²) in [6, 6.07) is 6.10. The molecule has 5 nitrogen and oxygen atoms in total. The van der Waals surface area contributed by atoms with Gasteiger partial charge in [0, 0.05) is 31.6 Å². The minimum atomic E-state index is -0.505. The lowest BCUT2D eigenvalue weighted by atomic mass is 10.2. The molecule has 3 N–H and O–H groups in total. The molecule has 1 amide bonds. The van der Waals surface area contributed by atoms with Crippen LogP contribution < -0.4 is 11.1 Å². The maximum absolute atomic E-state index is 12.9. The van der Waals surface area contributed by atoms with Crippen LogP contribution in [0, 0.1) is 17.1 Å². The average molecular weight is 264 g/mol.